The van der Waals surface area contributed by atoms with Gasteiger partial charge in [-0.2, -0.15) is 0 Å². The first-order valence-electron chi connectivity index (χ1n) is 6.45. The fourth-order valence-corrected chi connectivity index (χ4v) is 3.16. The van der Waals surface area contributed by atoms with Gasteiger partial charge < -0.3 is 5.73 Å². The fourth-order valence-electron chi connectivity index (χ4n) is 2.09. The van der Waals surface area contributed by atoms with Crippen LogP contribution in [-0.2, 0) is 4.84 Å². The Morgan fingerprint density at radius 1 is 1.35 bits per heavy atom. The first kappa shape index (κ1) is 16.1. The Labute approximate surface area is 135 Å². The number of halogens is 1. The highest BCUT2D eigenvalue weighted by Crippen LogP contribution is 2.44. The molecular weight excluding hydrogens is 386 g/mol. The normalized spacial score (nSPS) is 20.8. The van der Waals surface area contributed by atoms with Gasteiger partial charge in [-0.3, -0.25) is 14.7 Å². The van der Waals surface area contributed by atoms with Crippen molar-refractivity contribution in [3.05, 3.63) is 18.2 Å². The topological polar surface area (TPSA) is 67.8 Å². The van der Waals surface area contributed by atoms with Crippen LogP contribution in [0.3, 0.4) is 0 Å². The van der Waals surface area contributed by atoms with Crippen molar-refractivity contribution >= 4 is 45.5 Å². The predicted molar refractivity (Wildman–Crippen MR) is 96.1 cm³/mol. The first-order chi connectivity index (χ1) is 9.18. The fraction of sp³-hybridized carbons (Fsp3) is 0.538. The van der Waals surface area contributed by atoms with Crippen molar-refractivity contribution in [1.29, 1.82) is 0 Å². The lowest BCUT2D eigenvalue weighted by Gasteiger charge is -2.30. The van der Waals surface area contributed by atoms with Gasteiger partial charge in [-0.25, -0.2) is 5.84 Å². The number of hydroxylamine groups is 1. The summed E-state index contributed by atoms with van der Waals surface area (Å²) in [6, 6.07) is 5.86. The van der Waals surface area contributed by atoms with E-state index in [1.807, 2.05) is 23.3 Å². The highest BCUT2D eigenvalue weighted by Gasteiger charge is 2.47. The van der Waals surface area contributed by atoms with Crippen molar-refractivity contribution in [2.45, 2.75) is 33.3 Å². The average Bonchev–Trinajstić information content (AvgIpc) is 2.57. The SMILES string of the molecule is CC1(C)CN(c2ccc(N(N)PI)c(N)c2)OC1(C)C. The molecule has 1 aromatic rings. The van der Waals surface area contributed by atoms with E-state index in [9.17, 15) is 0 Å². The van der Waals surface area contributed by atoms with Crippen molar-refractivity contribution in [3.63, 3.8) is 0 Å². The van der Waals surface area contributed by atoms with E-state index in [0.717, 1.165) is 17.9 Å². The Morgan fingerprint density at radius 2 is 2.00 bits per heavy atom. The molecule has 1 fully saturated rings. The number of nitrogens with zero attached hydrogens (tertiary/aromatic N) is 2. The molecule has 0 amide bonds. The number of nitrogens with two attached hydrogens (primary N) is 2. The van der Waals surface area contributed by atoms with Crippen molar-refractivity contribution in [1.82, 2.24) is 0 Å². The number of hydrazine groups is 1. The lowest BCUT2D eigenvalue weighted by molar-refractivity contribution is -0.0300. The number of hydrogen-bond acceptors (Lipinski definition) is 5. The quantitative estimate of drug-likeness (QED) is 0.264. The highest BCUT2D eigenvalue weighted by atomic mass is 127. The molecule has 0 bridgehead atoms. The second-order valence-corrected chi connectivity index (χ2v) is 8.32. The van der Waals surface area contributed by atoms with E-state index in [4.69, 9.17) is 16.4 Å². The zero-order valence-electron chi connectivity index (χ0n) is 12.3. The van der Waals surface area contributed by atoms with Gasteiger partial charge in [0.25, 0.3) is 0 Å². The molecule has 5 nitrogen and oxygen atoms in total. The van der Waals surface area contributed by atoms with E-state index < -0.39 is 0 Å². The summed E-state index contributed by atoms with van der Waals surface area (Å²) < 4.78 is 1.65. The summed E-state index contributed by atoms with van der Waals surface area (Å²) in [6.07, 6.45) is 0.448. The lowest BCUT2D eigenvalue weighted by Crippen LogP contribution is -2.36. The predicted octanol–water partition coefficient (Wildman–Crippen LogP) is 3.45. The van der Waals surface area contributed by atoms with Gasteiger partial charge in [-0.1, -0.05) is 13.8 Å². The second-order valence-electron chi connectivity index (χ2n) is 6.22. The van der Waals surface area contributed by atoms with Gasteiger partial charge in [0.15, 0.2) is 0 Å². The van der Waals surface area contributed by atoms with Gasteiger partial charge in [-0.15, -0.1) is 0 Å². The Morgan fingerprint density at radius 3 is 2.45 bits per heavy atom. The molecule has 1 heterocycles. The zero-order chi connectivity index (χ0) is 15.1. The van der Waals surface area contributed by atoms with E-state index in [1.165, 1.54) is 0 Å². The van der Waals surface area contributed by atoms with E-state index in [1.54, 1.807) is 4.78 Å². The smallest absolute Gasteiger partial charge is 0.0975 e. The molecule has 0 aliphatic carbocycles. The summed E-state index contributed by atoms with van der Waals surface area (Å²) in [5, 5.41) is 1.92. The summed E-state index contributed by atoms with van der Waals surface area (Å²) in [5.74, 6) is 5.90. The molecule has 2 rings (SSSR count). The third-order valence-corrected chi connectivity index (χ3v) is 6.14. The van der Waals surface area contributed by atoms with Crippen LogP contribution in [0.25, 0.3) is 0 Å². The van der Waals surface area contributed by atoms with Gasteiger partial charge in [-0.05, 0) is 54.1 Å². The van der Waals surface area contributed by atoms with Crippen molar-refractivity contribution in [2.75, 3.05) is 22.1 Å². The van der Waals surface area contributed by atoms with Crippen LogP contribution in [0.2, 0.25) is 0 Å². The molecule has 112 valence electrons. The van der Waals surface area contributed by atoms with E-state index >= 15 is 0 Å². The molecule has 20 heavy (non-hydrogen) atoms. The van der Waals surface area contributed by atoms with Gasteiger partial charge in [0, 0.05) is 5.41 Å². The van der Waals surface area contributed by atoms with Crippen LogP contribution < -0.4 is 21.4 Å². The van der Waals surface area contributed by atoms with Gasteiger partial charge in [0.1, 0.15) is 0 Å². The van der Waals surface area contributed by atoms with Crippen LogP contribution >= 0.6 is 28.4 Å². The molecule has 1 aliphatic rings. The van der Waals surface area contributed by atoms with Gasteiger partial charge >= 0.3 is 0 Å². The van der Waals surface area contributed by atoms with Gasteiger partial charge in [0.2, 0.25) is 0 Å². The largest absolute Gasteiger partial charge is 0.397 e. The Hall–Kier alpha value is -0.300. The number of rotatable bonds is 3. The molecule has 0 aromatic heterocycles. The van der Waals surface area contributed by atoms with Crippen LogP contribution in [0.4, 0.5) is 17.1 Å². The minimum absolute atomic E-state index is 0.0733. The van der Waals surface area contributed by atoms with E-state index in [-0.39, 0.29) is 11.0 Å². The average molecular weight is 408 g/mol. The Bertz CT molecular complexity index is 493. The summed E-state index contributed by atoms with van der Waals surface area (Å²) in [6.45, 7) is 9.49. The highest BCUT2D eigenvalue weighted by molar-refractivity contribution is 14.2. The number of benzene rings is 1. The van der Waals surface area contributed by atoms with E-state index in [0.29, 0.717) is 12.1 Å². The van der Waals surface area contributed by atoms with Crippen LogP contribution in [0.15, 0.2) is 18.2 Å². The molecule has 1 aromatic carbocycles. The third kappa shape index (κ3) is 2.84. The van der Waals surface area contributed by atoms with Crippen molar-refractivity contribution < 1.29 is 4.84 Å². The summed E-state index contributed by atoms with van der Waals surface area (Å²) in [7, 11) is 0. The first-order valence-corrected chi connectivity index (χ1v) is 10.5. The number of anilines is 3. The minimum Gasteiger partial charge on any atom is -0.397 e. The van der Waals surface area contributed by atoms with Crippen LogP contribution in [0.1, 0.15) is 27.7 Å². The zero-order valence-corrected chi connectivity index (χ0v) is 15.4. The maximum atomic E-state index is 6.10. The molecule has 1 atom stereocenters. The molecule has 0 spiro atoms. The van der Waals surface area contributed by atoms with Crippen molar-refractivity contribution in [3.8, 4) is 0 Å². The lowest BCUT2D eigenvalue weighted by atomic mass is 9.78. The molecule has 1 saturated heterocycles. The Balaban J connectivity index is 2.26. The van der Waals surface area contributed by atoms with Crippen LogP contribution in [0.5, 0.6) is 0 Å². The molecular formula is C13H22IN4OP. The van der Waals surface area contributed by atoms with Crippen LogP contribution in [0, 0.1) is 5.41 Å². The molecule has 0 saturated carbocycles. The van der Waals surface area contributed by atoms with E-state index in [2.05, 4.69) is 49.7 Å². The summed E-state index contributed by atoms with van der Waals surface area (Å²) in [4.78, 5) is 6.06. The van der Waals surface area contributed by atoms with Crippen molar-refractivity contribution in [2.24, 2.45) is 11.3 Å². The number of hydrogen-bond donors (Lipinski definition) is 2. The summed E-state index contributed by atoms with van der Waals surface area (Å²) in [5.41, 5.74) is 8.45. The molecule has 1 aliphatic heterocycles. The monoisotopic (exact) mass is 408 g/mol. The summed E-state index contributed by atoms with van der Waals surface area (Å²) >= 11 is 2.23. The number of nitrogen functional groups attached to an aromatic ring is 1. The molecule has 1 unspecified atom stereocenters. The maximum Gasteiger partial charge on any atom is 0.0975 e. The van der Waals surface area contributed by atoms with Gasteiger partial charge in [0.05, 0.1) is 35.6 Å². The molecule has 0 radical (unpaired) electrons. The minimum atomic E-state index is -0.204. The molecule has 4 N–H and O–H groups in total. The molecule has 7 heteroatoms. The third-order valence-electron chi connectivity index (χ3n) is 4.16. The standard InChI is InChI=1S/C13H22IN4OP/c1-12(2)8-17(19-13(12,3)4)9-5-6-11(10(15)7-9)18(16)20-14/h5-7,20H,8,15-16H2,1-4H3. The van der Waals surface area contributed by atoms with Crippen LogP contribution in [-0.4, -0.2) is 12.1 Å². The maximum absolute atomic E-state index is 6.10. The second kappa shape index (κ2) is 5.48. The Kier molecular flexibility index (Phi) is 4.40.